The van der Waals surface area contributed by atoms with Gasteiger partial charge in [-0.3, -0.25) is 4.90 Å². The second-order valence-electron chi connectivity index (χ2n) is 8.41. The highest BCUT2D eigenvalue weighted by Crippen LogP contribution is 2.40. The molecule has 1 atom stereocenters. The number of phenolic OH excluding ortho intramolecular Hbond substituents is 1. The maximum absolute atomic E-state index is 10.7. The smallest absolute Gasteiger partial charge is 0.142 e. The standard InChI is InChI=1S/C24H31N5O2.2ClH/c25-15-19-18(17-6-5-9-27-16-17)14-20(28-24(19)26)23-21(30)7-4-8-22(23)31-13-12-29-10-2-1-3-11-29;;/h4,7-8,14,17,27,30H,1-3,5-6,9-13,16H2,(H2,26,28);2*1H. The lowest BCUT2D eigenvalue weighted by atomic mass is 9.88. The van der Waals surface area contributed by atoms with Crippen molar-refractivity contribution in [3.8, 4) is 28.8 Å². The molecule has 2 aromatic rings. The number of halogens is 2. The van der Waals surface area contributed by atoms with Crippen molar-refractivity contribution in [1.29, 1.82) is 5.26 Å². The molecule has 4 rings (SSSR count). The summed E-state index contributed by atoms with van der Waals surface area (Å²) in [7, 11) is 0. The van der Waals surface area contributed by atoms with Crippen LogP contribution < -0.4 is 15.8 Å². The number of phenols is 1. The van der Waals surface area contributed by atoms with Crippen LogP contribution in [0.15, 0.2) is 24.3 Å². The Bertz CT molecular complexity index is 955. The molecule has 0 radical (unpaired) electrons. The highest BCUT2D eigenvalue weighted by Gasteiger charge is 2.24. The number of hydrogen-bond donors (Lipinski definition) is 3. The highest BCUT2D eigenvalue weighted by atomic mass is 35.5. The van der Waals surface area contributed by atoms with Gasteiger partial charge in [-0.25, -0.2) is 4.98 Å². The summed E-state index contributed by atoms with van der Waals surface area (Å²) in [5.74, 6) is 1.08. The Labute approximate surface area is 208 Å². The summed E-state index contributed by atoms with van der Waals surface area (Å²) in [6.07, 6.45) is 5.83. The summed E-state index contributed by atoms with van der Waals surface area (Å²) < 4.78 is 6.10. The minimum absolute atomic E-state index is 0. The third kappa shape index (κ3) is 6.42. The molecule has 0 saturated carbocycles. The van der Waals surface area contributed by atoms with Gasteiger partial charge in [0.15, 0.2) is 0 Å². The van der Waals surface area contributed by atoms with Crippen LogP contribution in [0.25, 0.3) is 11.3 Å². The molecule has 33 heavy (non-hydrogen) atoms. The van der Waals surface area contributed by atoms with E-state index in [0.29, 0.717) is 29.2 Å². The zero-order valence-electron chi connectivity index (χ0n) is 18.8. The minimum atomic E-state index is 0. The molecule has 0 spiro atoms. The number of aromatic nitrogens is 1. The number of nitrogens with zero attached hydrogens (tertiary/aromatic N) is 3. The van der Waals surface area contributed by atoms with Gasteiger partial charge in [0.2, 0.25) is 0 Å². The topological polar surface area (TPSA) is 107 Å². The lowest BCUT2D eigenvalue weighted by Crippen LogP contribution is -2.33. The fraction of sp³-hybridized carbons (Fsp3) is 0.500. The number of pyridine rings is 1. The molecule has 2 aliphatic heterocycles. The highest BCUT2D eigenvalue weighted by molar-refractivity contribution is 5.85. The summed E-state index contributed by atoms with van der Waals surface area (Å²) in [5.41, 5.74) is 8.59. The predicted octanol–water partition coefficient (Wildman–Crippen LogP) is 4.08. The zero-order valence-corrected chi connectivity index (χ0v) is 20.4. The van der Waals surface area contributed by atoms with Crippen molar-refractivity contribution in [3.63, 3.8) is 0 Å². The number of nitriles is 1. The summed E-state index contributed by atoms with van der Waals surface area (Å²) in [6, 6.07) is 9.38. The van der Waals surface area contributed by atoms with E-state index in [0.717, 1.165) is 51.1 Å². The van der Waals surface area contributed by atoms with Gasteiger partial charge in [-0.2, -0.15) is 5.26 Å². The SMILES string of the molecule is Cl.Cl.N#Cc1c(C2CCCNC2)cc(-c2c(O)cccc2OCCN2CCCCC2)nc1N. The Morgan fingerprint density at radius 3 is 2.70 bits per heavy atom. The van der Waals surface area contributed by atoms with Crippen LogP contribution in [0.3, 0.4) is 0 Å². The molecule has 0 aliphatic carbocycles. The van der Waals surface area contributed by atoms with Crippen molar-refractivity contribution in [2.45, 2.75) is 38.0 Å². The largest absolute Gasteiger partial charge is 0.507 e. The molecule has 2 saturated heterocycles. The molecular weight excluding hydrogens is 461 g/mol. The van der Waals surface area contributed by atoms with Crippen LogP contribution in [0.2, 0.25) is 0 Å². The number of anilines is 1. The number of likely N-dealkylation sites (tertiary alicyclic amines) is 1. The summed E-state index contributed by atoms with van der Waals surface area (Å²) in [4.78, 5) is 6.89. The van der Waals surface area contributed by atoms with E-state index in [1.54, 1.807) is 12.1 Å². The van der Waals surface area contributed by atoms with E-state index in [1.807, 2.05) is 12.1 Å². The molecule has 4 N–H and O–H groups in total. The van der Waals surface area contributed by atoms with E-state index in [9.17, 15) is 10.4 Å². The van der Waals surface area contributed by atoms with Gasteiger partial charge >= 0.3 is 0 Å². The fourth-order valence-electron chi connectivity index (χ4n) is 4.64. The number of rotatable bonds is 6. The maximum atomic E-state index is 10.7. The Balaban J connectivity index is 0.00000193. The maximum Gasteiger partial charge on any atom is 0.142 e. The molecule has 1 aromatic carbocycles. The van der Waals surface area contributed by atoms with Crippen LogP contribution in [-0.2, 0) is 0 Å². The molecule has 7 nitrogen and oxygen atoms in total. The Morgan fingerprint density at radius 1 is 1.21 bits per heavy atom. The van der Waals surface area contributed by atoms with Crippen LogP contribution >= 0.6 is 24.8 Å². The van der Waals surface area contributed by atoms with Gasteiger partial charge in [0.1, 0.15) is 30.0 Å². The third-order valence-corrected chi connectivity index (χ3v) is 6.30. The number of nitrogen functional groups attached to an aromatic ring is 1. The normalized spacial score (nSPS) is 18.5. The molecule has 2 fully saturated rings. The van der Waals surface area contributed by atoms with Crippen molar-refractivity contribution in [2.24, 2.45) is 0 Å². The van der Waals surface area contributed by atoms with E-state index in [1.165, 1.54) is 19.3 Å². The van der Waals surface area contributed by atoms with E-state index in [2.05, 4.69) is 21.3 Å². The van der Waals surface area contributed by atoms with Crippen molar-refractivity contribution < 1.29 is 9.84 Å². The Morgan fingerprint density at radius 2 is 2.00 bits per heavy atom. The quantitative estimate of drug-likeness (QED) is 0.556. The summed E-state index contributed by atoms with van der Waals surface area (Å²) in [6.45, 7) is 5.42. The van der Waals surface area contributed by atoms with Crippen LogP contribution in [0, 0.1) is 11.3 Å². The fourth-order valence-corrected chi connectivity index (χ4v) is 4.64. The molecule has 180 valence electrons. The van der Waals surface area contributed by atoms with Crippen molar-refractivity contribution in [3.05, 3.63) is 35.4 Å². The summed E-state index contributed by atoms with van der Waals surface area (Å²) in [5, 5.41) is 23.7. The zero-order chi connectivity index (χ0) is 21.6. The molecular formula is C24H33Cl2N5O2. The molecule has 3 heterocycles. The number of aromatic hydroxyl groups is 1. The van der Waals surface area contributed by atoms with Gasteiger partial charge < -0.3 is 20.9 Å². The first kappa shape index (κ1) is 27.0. The molecule has 2 aliphatic rings. The second-order valence-corrected chi connectivity index (χ2v) is 8.41. The van der Waals surface area contributed by atoms with Gasteiger partial charge in [0.05, 0.1) is 16.8 Å². The first-order valence-electron chi connectivity index (χ1n) is 11.3. The van der Waals surface area contributed by atoms with Gasteiger partial charge in [0.25, 0.3) is 0 Å². The number of ether oxygens (including phenoxy) is 1. The lowest BCUT2D eigenvalue weighted by Gasteiger charge is -2.26. The molecule has 9 heteroatoms. The van der Waals surface area contributed by atoms with Crippen molar-refractivity contribution in [2.75, 3.05) is 45.1 Å². The average molecular weight is 494 g/mol. The average Bonchev–Trinajstić information content (AvgIpc) is 2.80. The van der Waals surface area contributed by atoms with Gasteiger partial charge in [0, 0.05) is 13.1 Å². The van der Waals surface area contributed by atoms with Crippen LogP contribution in [0.4, 0.5) is 5.82 Å². The van der Waals surface area contributed by atoms with Gasteiger partial charge in [-0.05, 0) is 75.0 Å². The van der Waals surface area contributed by atoms with Crippen LogP contribution in [0.1, 0.15) is 49.1 Å². The van der Waals surface area contributed by atoms with E-state index >= 15 is 0 Å². The van der Waals surface area contributed by atoms with E-state index < -0.39 is 0 Å². The first-order valence-corrected chi connectivity index (χ1v) is 11.3. The second kappa shape index (κ2) is 12.9. The third-order valence-electron chi connectivity index (χ3n) is 6.30. The number of hydrogen-bond acceptors (Lipinski definition) is 7. The minimum Gasteiger partial charge on any atom is -0.507 e. The molecule has 0 bridgehead atoms. The number of piperidine rings is 2. The summed E-state index contributed by atoms with van der Waals surface area (Å²) >= 11 is 0. The van der Waals surface area contributed by atoms with E-state index in [4.69, 9.17) is 10.5 Å². The number of benzene rings is 1. The Hall–Kier alpha value is -2.24. The first-order chi connectivity index (χ1) is 15.2. The van der Waals surface area contributed by atoms with Crippen molar-refractivity contribution >= 4 is 30.6 Å². The number of nitrogens with one attached hydrogen (secondary N) is 1. The van der Waals surface area contributed by atoms with Gasteiger partial charge in [-0.1, -0.05) is 12.5 Å². The monoisotopic (exact) mass is 493 g/mol. The molecule has 0 amide bonds. The van der Waals surface area contributed by atoms with Crippen LogP contribution in [0.5, 0.6) is 11.5 Å². The Kier molecular flexibility index (Phi) is 10.5. The number of nitrogens with two attached hydrogens (primary N) is 1. The predicted molar refractivity (Wildman–Crippen MR) is 136 cm³/mol. The van der Waals surface area contributed by atoms with E-state index in [-0.39, 0.29) is 42.3 Å². The molecule has 1 unspecified atom stereocenters. The van der Waals surface area contributed by atoms with Gasteiger partial charge in [-0.15, -0.1) is 24.8 Å². The van der Waals surface area contributed by atoms with Crippen molar-refractivity contribution in [1.82, 2.24) is 15.2 Å². The lowest BCUT2D eigenvalue weighted by molar-refractivity contribution is 0.183. The van der Waals surface area contributed by atoms with Crippen LogP contribution in [-0.4, -0.2) is 54.3 Å². The molecule has 1 aromatic heterocycles.